The fraction of sp³-hybridized carbons (Fsp3) is 0.625. The third kappa shape index (κ3) is 4.40. The monoisotopic (exact) mass is 297 g/mol. The van der Waals surface area contributed by atoms with Crippen LogP contribution in [0.25, 0.3) is 0 Å². The molecule has 0 heterocycles. The zero-order chi connectivity index (χ0) is 15.3. The van der Waals surface area contributed by atoms with Crippen LogP contribution in [0.3, 0.4) is 0 Å². The molecule has 4 heteroatoms. The first-order valence-corrected chi connectivity index (χ1v) is 8.39. The van der Waals surface area contributed by atoms with Crippen molar-refractivity contribution in [2.75, 3.05) is 6.54 Å². The van der Waals surface area contributed by atoms with Gasteiger partial charge in [0.05, 0.1) is 6.04 Å². The van der Waals surface area contributed by atoms with Crippen LogP contribution in [0, 0.1) is 0 Å². The highest BCUT2D eigenvalue weighted by atomic mass is 32.2. The number of hydrogen-bond donors (Lipinski definition) is 1. The highest BCUT2D eigenvalue weighted by Crippen LogP contribution is 2.33. The maximum atomic E-state index is 12.7. The highest BCUT2D eigenvalue weighted by Gasteiger charge is 2.36. The summed E-state index contributed by atoms with van der Waals surface area (Å²) in [5.74, 6) is 0.268. The van der Waals surface area contributed by atoms with Gasteiger partial charge in [-0.3, -0.25) is 0 Å². The van der Waals surface area contributed by atoms with Gasteiger partial charge in [-0.25, -0.2) is 0 Å². The summed E-state index contributed by atoms with van der Waals surface area (Å²) in [7, 11) is 0. The lowest BCUT2D eigenvalue weighted by Crippen LogP contribution is -2.44. The van der Waals surface area contributed by atoms with E-state index < -0.39 is 11.4 Å². The van der Waals surface area contributed by atoms with Crippen LogP contribution in [0.1, 0.15) is 59.1 Å². The average Bonchev–Trinajstić information content (AvgIpc) is 2.38. The lowest BCUT2D eigenvalue weighted by molar-refractivity contribution is 0.309. The van der Waals surface area contributed by atoms with Gasteiger partial charge in [0.1, 0.15) is 10.5 Å². The predicted molar refractivity (Wildman–Crippen MR) is 86.0 cm³/mol. The van der Waals surface area contributed by atoms with Crippen molar-refractivity contribution in [1.82, 2.24) is 4.31 Å². The van der Waals surface area contributed by atoms with E-state index in [1.807, 2.05) is 39.8 Å². The Morgan fingerprint density at radius 2 is 1.75 bits per heavy atom. The minimum Gasteiger partial charge on any atom is -0.597 e. The van der Waals surface area contributed by atoms with E-state index in [9.17, 15) is 9.66 Å². The molecule has 1 rings (SSSR count). The van der Waals surface area contributed by atoms with Crippen molar-refractivity contribution in [2.45, 2.75) is 58.2 Å². The molecule has 0 spiro atoms. The van der Waals surface area contributed by atoms with Gasteiger partial charge in [0, 0.05) is 17.9 Å². The van der Waals surface area contributed by atoms with Gasteiger partial charge < -0.3 is 9.66 Å². The van der Waals surface area contributed by atoms with Crippen molar-refractivity contribution >= 4 is 11.4 Å². The molecule has 0 aromatic heterocycles. The minimum absolute atomic E-state index is 0.130. The molecular formula is C16H27NO2S. The van der Waals surface area contributed by atoms with Gasteiger partial charge in [-0.2, -0.15) is 0 Å². The van der Waals surface area contributed by atoms with Crippen LogP contribution in [0.5, 0.6) is 5.75 Å². The van der Waals surface area contributed by atoms with Crippen molar-refractivity contribution in [2.24, 2.45) is 0 Å². The molecule has 0 radical (unpaired) electrons. The van der Waals surface area contributed by atoms with Gasteiger partial charge in [-0.15, -0.1) is 4.31 Å². The Morgan fingerprint density at radius 3 is 2.15 bits per heavy atom. The third-order valence-electron chi connectivity index (χ3n) is 3.24. The molecule has 2 atom stereocenters. The first kappa shape index (κ1) is 17.3. The molecule has 0 aliphatic heterocycles. The molecule has 20 heavy (non-hydrogen) atoms. The molecule has 0 saturated heterocycles. The zero-order valence-electron chi connectivity index (χ0n) is 13.2. The first-order chi connectivity index (χ1) is 9.31. The standard InChI is InChI=1S/C16H27NO2S/c1-6-8-15(13-9-11-14(18)12-10-13)17(7-2)20(19)16(3,4)5/h9-12,15,18H,6-8H2,1-5H3. The fourth-order valence-corrected chi connectivity index (χ4v) is 3.65. The van der Waals surface area contributed by atoms with Crippen LogP contribution in [0.15, 0.2) is 24.3 Å². The van der Waals surface area contributed by atoms with Crippen LogP contribution in [-0.4, -0.2) is 25.3 Å². The van der Waals surface area contributed by atoms with Gasteiger partial charge in [-0.1, -0.05) is 25.5 Å². The Hall–Kier alpha value is -0.710. The molecule has 114 valence electrons. The number of rotatable bonds is 6. The van der Waals surface area contributed by atoms with Gasteiger partial charge in [0.2, 0.25) is 0 Å². The SMILES string of the molecule is CCCC(c1ccc(O)cc1)N(CC)[S+]([O-])C(C)(C)C. The Kier molecular flexibility index (Phi) is 6.37. The second kappa shape index (κ2) is 7.34. The van der Waals surface area contributed by atoms with Gasteiger partial charge >= 0.3 is 0 Å². The average molecular weight is 297 g/mol. The smallest absolute Gasteiger partial charge is 0.137 e. The largest absolute Gasteiger partial charge is 0.597 e. The summed E-state index contributed by atoms with van der Waals surface area (Å²) in [6.07, 6.45) is 1.99. The third-order valence-corrected chi connectivity index (χ3v) is 5.22. The summed E-state index contributed by atoms with van der Waals surface area (Å²) in [6.45, 7) is 11.0. The van der Waals surface area contributed by atoms with E-state index in [1.165, 1.54) is 0 Å². The molecule has 0 amide bonds. The molecule has 0 saturated carbocycles. The topological polar surface area (TPSA) is 46.5 Å². The molecular weight excluding hydrogens is 270 g/mol. The van der Waals surface area contributed by atoms with E-state index in [-0.39, 0.29) is 16.5 Å². The Bertz CT molecular complexity index is 400. The molecule has 0 aliphatic carbocycles. The van der Waals surface area contributed by atoms with E-state index in [0.717, 1.165) is 24.9 Å². The number of benzene rings is 1. The maximum absolute atomic E-state index is 12.7. The van der Waals surface area contributed by atoms with E-state index in [0.29, 0.717) is 0 Å². The van der Waals surface area contributed by atoms with Crippen molar-refractivity contribution in [3.05, 3.63) is 29.8 Å². The van der Waals surface area contributed by atoms with Gasteiger partial charge in [0.15, 0.2) is 0 Å². The zero-order valence-corrected chi connectivity index (χ0v) is 14.0. The summed E-state index contributed by atoms with van der Waals surface area (Å²) in [6, 6.07) is 7.39. The first-order valence-electron chi connectivity index (χ1n) is 7.28. The van der Waals surface area contributed by atoms with Gasteiger partial charge in [0.25, 0.3) is 0 Å². The van der Waals surface area contributed by atoms with Gasteiger partial charge in [-0.05, 0) is 51.8 Å². The Labute approximate surface area is 126 Å². The second-order valence-corrected chi connectivity index (χ2v) is 8.18. The van der Waals surface area contributed by atoms with Crippen LogP contribution >= 0.6 is 0 Å². The Balaban J connectivity index is 3.06. The van der Waals surface area contributed by atoms with E-state index in [2.05, 4.69) is 11.2 Å². The number of aromatic hydroxyl groups is 1. The maximum Gasteiger partial charge on any atom is 0.137 e. The molecule has 1 aromatic carbocycles. The summed E-state index contributed by atoms with van der Waals surface area (Å²) >= 11 is -1.04. The second-order valence-electron chi connectivity index (χ2n) is 5.99. The normalized spacial score (nSPS) is 15.3. The fourth-order valence-electron chi connectivity index (χ4n) is 2.25. The number of phenols is 1. The van der Waals surface area contributed by atoms with E-state index in [1.54, 1.807) is 12.1 Å². The lowest BCUT2D eigenvalue weighted by Gasteiger charge is -2.37. The van der Waals surface area contributed by atoms with Crippen molar-refractivity contribution in [3.8, 4) is 5.75 Å². The molecule has 0 aliphatic rings. The van der Waals surface area contributed by atoms with Crippen molar-refractivity contribution in [3.63, 3.8) is 0 Å². The minimum atomic E-state index is -1.04. The molecule has 3 nitrogen and oxygen atoms in total. The summed E-state index contributed by atoms with van der Waals surface area (Å²) in [5.41, 5.74) is 1.11. The van der Waals surface area contributed by atoms with Crippen LogP contribution in [0.2, 0.25) is 0 Å². The van der Waals surface area contributed by atoms with Crippen LogP contribution in [0.4, 0.5) is 0 Å². The molecule has 1 N–H and O–H groups in total. The Morgan fingerprint density at radius 1 is 1.20 bits per heavy atom. The number of phenolic OH excluding ortho intramolecular Hbond substituents is 1. The summed E-state index contributed by atoms with van der Waals surface area (Å²) < 4.78 is 14.5. The van der Waals surface area contributed by atoms with Crippen molar-refractivity contribution in [1.29, 1.82) is 0 Å². The summed E-state index contributed by atoms with van der Waals surface area (Å²) in [4.78, 5) is 0. The molecule has 0 fully saturated rings. The molecule has 0 bridgehead atoms. The molecule has 1 aromatic rings. The number of nitrogens with zero attached hydrogens (tertiary/aromatic N) is 1. The van der Waals surface area contributed by atoms with Crippen LogP contribution in [-0.2, 0) is 11.4 Å². The van der Waals surface area contributed by atoms with E-state index in [4.69, 9.17) is 0 Å². The van der Waals surface area contributed by atoms with E-state index >= 15 is 0 Å². The quantitative estimate of drug-likeness (QED) is 0.807. The van der Waals surface area contributed by atoms with Crippen molar-refractivity contribution < 1.29 is 9.66 Å². The highest BCUT2D eigenvalue weighted by molar-refractivity contribution is 7.90. The van der Waals surface area contributed by atoms with Crippen LogP contribution < -0.4 is 0 Å². The lowest BCUT2D eigenvalue weighted by atomic mass is 10.0. The summed E-state index contributed by atoms with van der Waals surface area (Å²) in [5, 5.41) is 9.43. The predicted octanol–water partition coefficient (Wildman–Crippen LogP) is 4.02. The number of hydrogen-bond acceptors (Lipinski definition) is 3. The molecule has 2 unspecified atom stereocenters.